The molecule has 3 heteroatoms. The van der Waals surface area contributed by atoms with Gasteiger partial charge in [-0.3, -0.25) is 4.79 Å². The van der Waals surface area contributed by atoms with Crippen LogP contribution in [0.3, 0.4) is 0 Å². The van der Waals surface area contributed by atoms with Crippen LogP contribution in [0.1, 0.15) is 32.3 Å². The number of carbonyl (C=O) groups excluding carboxylic acids is 1. The summed E-state index contributed by atoms with van der Waals surface area (Å²) in [5, 5.41) is 0. The average molecular weight is 247 g/mol. The lowest BCUT2D eigenvalue weighted by Gasteiger charge is -2.31. The molecule has 0 N–H and O–H groups in total. The predicted octanol–water partition coefficient (Wildman–Crippen LogP) is 2.64. The van der Waals surface area contributed by atoms with Gasteiger partial charge in [-0.25, -0.2) is 0 Å². The van der Waals surface area contributed by atoms with Gasteiger partial charge in [0.25, 0.3) is 0 Å². The molecule has 18 heavy (non-hydrogen) atoms. The maximum atomic E-state index is 11.2. The van der Waals surface area contributed by atoms with E-state index in [-0.39, 0.29) is 12.0 Å². The molecular formula is C15H21NO2. The molecule has 2 rings (SSSR count). The highest BCUT2D eigenvalue weighted by Gasteiger charge is 2.22. The zero-order valence-corrected chi connectivity index (χ0v) is 11.2. The van der Waals surface area contributed by atoms with Gasteiger partial charge in [-0.05, 0) is 18.1 Å². The number of carbonyl (C=O) groups is 1. The molecule has 1 amide bonds. The zero-order valence-electron chi connectivity index (χ0n) is 11.2. The minimum Gasteiger partial charge on any atom is -0.490 e. The van der Waals surface area contributed by atoms with Crippen LogP contribution in [0.4, 0.5) is 0 Å². The van der Waals surface area contributed by atoms with Crippen molar-refractivity contribution >= 4 is 5.91 Å². The standard InChI is InChI=1S/C15H21NO2/c1-3-13-6-4-5-7-15(13)18-14-8-10-16(11-9-14)12(2)17/h4-7,14H,3,8-11H2,1-2H3. The smallest absolute Gasteiger partial charge is 0.219 e. The molecule has 0 aromatic heterocycles. The number of likely N-dealkylation sites (tertiary alicyclic amines) is 1. The third-order valence-corrected chi connectivity index (χ3v) is 3.53. The molecule has 0 radical (unpaired) electrons. The molecule has 3 nitrogen and oxygen atoms in total. The largest absolute Gasteiger partial charge is 0.490 e. The molecule has 1 aliphatic rings. The number of nitrogens with zero attached hydrogens (tertiary/aromatic N) is 1. The van der Waals surface area contributed by atoms with Gasteiger partial charge in [0.05, 0.1) is 0 Å². The van der Waals surface area contributed by atoms with Gasteiger partial charge in [-0.2, -0.15) is 0 Å². The van der Waals surface area contributed by atoms with Gasteiger partial charge < -0.3 is 9.64 Å². The zero-order chi connectivity index (χ0) is 13.0. The van der Waals surface area contributed by atoms with Crippen LogP contribution in [-0.2, 0) is 11.2 Å². The molecule has 1 aromatic carbocycles. The number of aryl methyl sites for hydroxylation is 1. The van der Waals surface area contributed by atoms with Crippen molar-refractivity contribution in [1.29, 1.82) is 0 Å². The molecule has 0 aliphatic carbocycles. The number of hydrogen-bond donors (Lipinski definition) is 0. The summed E-state index contributed by atoms with van der Waals surface area (Å²) >= 11 is 0. The lowest BCUT2D eigenvalue weighted by molar-refractivity contribution is -0.130. The summed E-state index contributed by atoms with van der Waals surface area (Å²) in [6, 6.07) is 8.21. The number of piperidine rings is 1. The van der Waals surface area contributed by atoms with Gasteiger partial charge >= 0.3 is 0 Å². The van der Waals surface area contributed by atoms with Crippen molar-refractivity contribution < 1.29 is 9.53 Å². The quantitative estimate of drug-likeness (QED) is 0.821. The van der Waals surface area contributed by atoms with E-state index in [2.05, 4.69) is 13.0 Å². The first-order valence-electron chi connectivity index (χ1n) is 6.70. The molecule has 1 aliphatic heterocycles. The Balaban J connectivity index is 1.93. The molecule has 0 saturated carbocycles. The molecular weight excluding hydrogens is 226 g/mol. The van der Waals surface area contributed by atoms with Crippen LogP contribution >= 0.6 is 0 Å². The lowest BCUT2D eigenvalue weighted by atomic mass is 10.1. The summed E-state index contributed by atoms with van der Waals surface area (Å²) in [5.74, 6) is 1.17. The van der Waals surface area contributed by atoms with Crippen LogP contribution in [0, 0.1) is 0 Å². The average Bonchev–Trinajstić information content (AvgIpc) is 2.40. The van der Waals surface area contributed by atoms with Gasteiger partial charge in [0, 0.05) is 32.9 Å². The number of hydrogen-bond acceptors (Lipinski definition) is 2. The van der Waals surface area contributed by atoms with Crippen molar-refractivity contribution in [2.45, 2.75) is 39.2 Å². The van der Waals surface area contributed by atoms with Crippen molar-refractivity contribution in [2.75, 3.05) is 13.1 Å². The highest BCUT2D eigenvalue weighted by molar-refractivity contribution is 5.73. The Kier molecular flexibility index (Phi) is 4.24. The van der Waals surface area contributed by atoms with Crippen LogP contribution < -0.4 is 4.74 Å². The molecule has 0 bridgehead atoms. The summed E-state index contributed by atoms with van der Waals surface area (Å²) in [6.45, 7) is 5.40. The third kappa shape index (κ3) is 3.03. The van der Waals surface area contributed by atoms with Crippen LogP contribution in [0.15, 0.2) is 24.3 Å². The number of rotatable bonds is 3. The Morgan fingerprint density at radius 3 is 2.61 bits per heavy atom. The van der Waals surface area contributed by atoms with Gasteiger partial charge in [0.15, 0.2) is 0 Å². The second-order valence-electron chi connectivity index (χ2n) is 4.78. The molecule has 0 spiro atoms. The maximum Gasteiger partial charge on any atom is 0.219 e. The van der Waals surface area contributed by atoms with E-state index in [1.54, 1.807) is 6.92 Å². The van der Waals surface area contributed by atoms with E-state index in [0.717, 1.165) is 38.1 Å². The lowest BCUT2D eigenvalue weighted by Crippen LogP contribution is -2.40. The normalized spacial score (nSPS) is 16.7. The molecule has 1 aromatic rings. The van der Waals surface area contributed by atoms with Gasteiger partial charge in [0.2, 0.25) is 5.91 Å². The Morgan fingerprint density at radius 2 is 2.00 bits per heavy atom. The summed E-state index contributed by atoms with van der Waals surface area (Å²) < 4.78 is 6.07. The molecule has 1 heterocycles. The van der Waals surface area contributed by atoms with Crippen molar-refractivity contribution in [1.82, 2.24) is 4.90 Å². The minimum absolute atomic E-state index is 0.169. The summed E-state index contributed by atoms with van der Waals surface area (Å²) in [6.07, 6.45) is 3.09. The van der Waals surface area contributed by atoms with E-state index >= 15 is 0 Å². The number of ether oxygens (including phenoxy) is 1. The van der Waals surface area contributed by atoms with Crippen molar-refractivity contribution in [2.24, 2.45) is 0 Å². The van der Waals surface area contributed by atoms with Gasteiger partial charge in [-0.1, -0.05) is 25.1 Å². The van der Waals surface area contributed by atoms with E-state index in [1.165, 1.54) is 5.56 Å². The van der Waals surface area contributed by atoms with Gasteiger partial charge in [0.1, 0.15) is 11.9 Å². The first kappa shape index (κ1) is 12.9. The first-order valence-corrected chi connectivity index (χ1v) is 6.70. The summed E-state index contributed by atoms with van der Waals surface area (Å²) in [7, 11) is 0. The highest BCUT2D eigenvalue weighted by Crippen LogP contribution is 2.23. The highest BCUT2D eigenvalue weighted by atomic mass is 16.5. The Labute approximate surface area is 109 Å². The van der Waals surface area contributed by atoms with Crippen molar-refractivity contribution in [3.05, 3.63) is 29.8 Å². The molecule has 0 unspecified atom stereocenters. The van der Waals surface area contributed by atoms with Crippen molar-refractivity contribution in [3.8, 4) is 5.75 Å². The van der Waals surface area contributed by atoms with E-state index in [0.29, 0.717) is 0 Å². The number of benzene rings is 1. The molecule has 1 fully saturated rings. The Morgan fingerprint density at radius 1 is 1.33 bits per heavy atom. The van der Waals surface area contributed by atoms with Crippen LogP contribution in [0.2, 0.25) is 0 Å². The first-order chi connectivity index (χ1) is 8.70. The topological polar surface area (TPSA) is 29.5 Å². The second kappa shape index (κ2) is 5.89. The molecule has 98 valence electrons. The Bertz CT molecular complexity index is 409. The van der Waals surface area contributed by atoms with E-state index in [1.807, 2.05) is 23.1 Å². The number of para-hydroxylation sites is 1. The number of amides is 1. The minimum atomic E-state index is 0.169. The van der Waals surface area contributed by atoms with E-state index < -0.39 is 0 Å². The summed E-state index contributed by atoms with van der Waals surface area (Å²) in [4.78, 5) is 13.1. The van der Waals surface area contributed by atoms with E-state index in [4.69, 9.17) is 4.74 Å². The fraction of sp³-hybridized carbons (Fsp3) is 0.533. The van der Waals surface area contributed by atoms with Crippen LogP contribution in [-0.4, -0.2) is 30.0 Å². The van der Waals surface area contributed by atoms with Crippen LogP contribution in [0.25, 0.3) is 0 Å². The monoisotopic (exact) mass is 247 g/mol. The SMILES string of the molecule is CCc1ccccc1OC1CCN(C(C)=O)CC1. The van der Waals surface area contributed by atoms with Gasteiger partial charge in [-0.15, -0.1) is 0 Å². The van der Waals surface area contributed by atoms with Crippen LogP contribution in [0.5, 0.6) is 5.75 Å². The fourth-order valence-corrected chi connectivity index (χ4v) is 2.38. The second-order valence-corrected chi connectivity index (χ2v) is 4.78. The van der Waals surface area contributed by atoms with Crippen molar-refractivity contribution in [3.63, 3.8) is 0 Å². The predicted molar refractivity (Wildman–Crippen MR) is 71.7 cm³/mol. The molecule has 1 saturated heterocycles. The fourth-order valence-electron chi connectivity index (χ4n) is 2.38. The Hall–Kier alpha value is -1.51. The maximum absolute atomic E-state index is 11.2. The third-order valence-electron chi connectivity index (χ3n) is 3.53. The molecule has 0 atom stereocenters. The van der Waals surface area contributed by atoms with E-state index in [9.17, 15) is 4.79 Å². The summed E-state index contributed by atoms with van der Waals surface area (Å²) in [5.41, 5.74) is 1.26.